The molecule has 0 amide bonds. The maximum absolute atomic E-state index is 13.9. The van der Waals surface area contributed by atoms with E-state index in [1.165, 1.54) is 18.7 Å². The van der Waals surface area contributed by atoms with Gasteiger partial charge in [-0.05, 0) is 62.2 Å². The van der Waals surface area contributed by atoms with Crippen molar-refractivity contribution in [2.45, 2.75) is 38.2 Å². The molecule has 0 unspecified atom stereocenters. The lowest BCUT2D eigenvalue weighted by Crippen LogP contribution is -2.24. The first-order chi connectivity index (χ1) is 18.8. The molecule has 0 atom stereocenters. The zero-order chi connectivity index (χ0) is 27.7. The number of hydrogen-bond acceptors (Lipinski definition) is 10. The van der Waals surface area contributed by atoms with Gasteiger partial charge in [0.05, 0.1) is 25.6 Å². The minimum absolute atomic E-state index is 0.0521. The molecule has 0 fully saturated rings. The van der Waals surface area contributed by atoms with Gasteiger partial charge in [0, 0.05) is 16.9 Å². The fourth-order valence-corrected chi connectivity index (χ4v) is 6.41. The van der Waals surface area contributed by atoms with Crippen LogP contribution < -0.4 is 19.8 Å². The van der Waals surface area contributed by atoms with Crippen molar-refractivity contribution >= 4 is 45.1 Å². The van der Waals surface area contributed by atoms with Gasteiger partial charge in [0.2, 0.25) is 6.79 Å². The summed E-state index contributed by atoms with van der Waals surface area (Å²) in [6.07, 6.45) is 0. The molecule has 1 aliphatic rings. The molecule has 39 heavy (non-hydrogen) atoms. The second kappa shape index (κ2) is 11.1. The minimum Gasteiger partial charge on any atom is -0.496 e. The predicted molar refractivity (Wildman–Crippen MR) is 149 cm³/mol. The first-order valence-electron chi connectivity index (χ1n) is 12.2. The highest BCUT2D eigenvalue weighted by atomic mass is 32.2. The molecule has 0 spiro atoms. The van der Waals surface area contributed by atoms with E-state index in [1.807, 2.05) is 18.2 Å². The average Bonchev–Trinajstić information content (AvgIpc) is 3.53. The molecular weight excluding hydrogens is 540 g/mol. The summed E-state index contributed by atoms with van der Waals surface area (Å²) in [7, 11) is 1.57. The van der Waals surface area contributed by atoms with Gasteiger partial charge >= 0.3 is 5.97 Å². The van der Waals surface area contributed by atoms with Crippen LogP contribution in [0, 0.1) is 6.92 Å². The summed E-state index contributed by atoms with van der Waals surface area (Å²) in [6.45, 7) is 5.61. The van der Waals surface area contributed by atoms with E-state index in [4.69, 9.17) is 23.9 Å². The summed E-state index contributed by atoms with van der Waals surface area (Å²) in [5.74, 6) is 1.78. The normalized spacial score (nSPS) is 12.1. The number of carbonyl (C=O) groups excluding carboxylic acids is 2. The largest absolute Gasteiger partial charge is 0.496 e. The van der Waals surface area contributed by atoms with Gasteiger partial charge in [0.25, 0.3) is 5.56 Å². The van der Waals surface area contributed by atoms with Crippen LogP contribution in [0.2, 0.25) is 0 Å². The van der Waals surface area contributed by atoms with Crippen LogP contribution in [0.15, 0.2) is 46.3 Å². The van der Waals surface area contributed by atoms with Gasteiger partial charge < -0.3 is 18.9 Å². The number of Topliss-reactive ketones (excluding diaryl/α,β-unsaturated/α-hetero) is 1. The Morgan fingerprint density at radius 1 is 1.15 bits per heavy atom. The number of aromatic nitrogens is 2. The lowest BCUT2D eigenvalue weighted by atomic mass is 10.1. The van der Waals surface area contributed by atoms with E-state index >= 15 is 0 Å². The van der Waals surface area contributed by atoms with E-state index in [-0.39, 0.29) is 31.3 Å². The zero-order valence-electron chi connectivity index (χ0n) is 21.9. The van der Waals surface area contributed by atoms with Gasteiger partial charge in [-0.1, -0.05) is 17.8 Å². The molecule has 0 saturated carbocycles. The topological polar surface area (TPSA) is 106 Å². The second-order valence-electron chi connectivity index (χ2n) is 8.80. The number of nitrogens with zero attached hydrogens (tertiary/aromatic N) is 2. The summed E-state index contributed by atoms with van der Waals surface area (Å²) < 4.78 is 23.2. The predicted octanol–water partition coefficient (Wildman–Crippen LogP) is 5.22. The van der Waals surface area contributed by atoms with Crippen LogP contribution in [0.1, 0.15) is 50.6 Å². The molecular formula is C28H26N2O7S2. The monoisotopic (exact) mass is 566 g/mol. The fraction of sp³-hybridized carbons (Fsp3) is 0.286. The van der Waals surface area contributed by atoms with Crippen LogP contribution in [-0.2, 0) is 17.0 Å². The highest BCUT2D eigenvalue weighted by Gasteiger charge is 2.23. The molecule has 0 radical (unpaired) electrons. The van der Waals surface area contributed by atoms with Crippen LogP contribution >= 0.6 is 23.1 Å². The maximum atomic E-state index is 13.9. The fourth-order valence-electron chi connectivity index (χ4n) is 4.31. The Labute approximate surface area is 232 Å². The Morgan fingerprint density at radius 3 is 2.69 bits per heavy atom. The van der Waals surface area contributed by atoms with Gasteiger partial charge in [-0.15, -0.1) is 11.3 Å². The van der Waals surface area contributed by atoms with Crippen molar-refractivity contribution in [3.63, 3.8) is 0 Å². The van der Waals surface area contributed by atoms with Gasteiger partial charge in [-0.25, -0.2) is 9.78 Å². The molecule has 2 aromatic carbocycles. The Morgan fingerprint density at radius 2 is 1.95 bits per heavy atom. The first kappa shape index (κ1) is 26.8. The lowest BCUT2D eigenvalue weighted by Gasteiger charge is -2.14. The molecule has 2 aromatic heterocycles. The molecule has 0 bridgehead atoms. The smallest absolute Gasteiger partial charge is 0.348 e. The van der Waals surface area contributed by atoms with Crippen LogP contribution in [-0.4, -0.2) is 41.8 Å². The summed E-state index contributed by atoms with van der Waals surface area (Å²) in [4.78, 5) is 44.1. The number of methoxy groups -OCH3 is 1. The van der Waals surface area contributed by atoms with Crippen molar-refractivity contribution in [1.82, 2.24) is 9.55 Å². The number of benzene rings is 2. The first-order valence-corrected chi connectivity index (χ1v) is 14.0. The van der Waals surface area contributed by atoms with Crippen molar-refractivity contribution in [2.75, 3.05) is 20.5 Å². The zero-order valence-corrected chi connectivity index (χ0v) is 23.5. The number of esters is 1. The molecule has 0 aliphatic carbocycles. The standard InChI is InChI=1S/C28H26N2O7S2/c1-5-35-27(33)24-15(2)23-25(39-24)29-28(38-13-19-11-18(16(3)31)7-9-20(19)34-4)30(26(23)32)12-17-6-8-21-22(10-17)37-14-36-21/h6-11H,5,12-14H2,1-4H3. The maximum Gasteiger partial charge on any atom is 0.348 e. The molecule has 5 rings (SSSR count). The van der Waals surface area contributed by atoms with E-state index < -0.39 is 5.97 Å². The summed E-state index contributed by atoms with van der Waals surface area (Å²) >= 11 is 2.50. The van der Waals surface area contributed by atoms with Crippen molar-refractivity contribution in [3.8, 4) is 17.2 Å². The number of thioether (sulfide) groups is 1. The number of hydrogen-bond donors (Lipinski definition) is 0. The number of rotatable bonds is 9. The van der Waals surface area contributed by atoms with Crippen molar-refractivity contribution < 1.29 is 28.5 Å². The molecule has 3 heterocycles. The molecule has 11 heteroatoms. The van der Waals surface area contributed by atoms with E-state index in [2.05, 4.69) is 0 Å². The third-order valence-corrected chi connectivity index (χ3v) is 8.49. The second-order valence-corrected chi connectivity index (χ2v) is 10.7. The van der Waals surface area contributed by atoms with Crippen molar-refractivity contribution in [1.29, 1.82) is 0 Å². The van der Waals surface area contributed by atoms with Crippen LogP contribution in [0.5, 0.6) is 17.2 Å². The number of fused-ring (bicyclic) bond motifs is 2. The number of thiophene rings is 1. The molecule has 202 valence electrons. The van der Waals surface area contributed by atoms with Crippen LogP contribution in [0.25, 0.3) is 10.2 Å². The van der Waals surface area contributed by atoms with Gasteiger partial charge in [0.1, 0.15) is 15.5 Å². The number of ether oxygens (including phenoxy) is 4. The molecule has 9 nitrogen and oxygen atoms in total. The Bertz CT molecular complexity index is 1660. The van der Waals surface area contributed by atoms with Gasteiger partial charge in [-0.3, -0.25) is 14.2 Å². The third-order valence-electron chi connectivity index (χ3n) is 6.30. The van der Waals surface area contributed by atoms with Crippen molar-refractivity contribution in [2.24, 2.45) is 0 Å². The number of ketones is 1. The Kier molecular flexibility index (Phi) is 7.62. The van der Waals surface area contributed by atoms with Gasteiger partial charge in [0.15, 0.2) is 22.4 Å². The quantitative estimate of drug-likeness (QED) is 0.117. The highest BCUT2D eigenvalue weighted by molar-refractivity contribution is 7.98. The number of carbonyl (C=O) groups is 2. The van der Waals surface area contributed by atoms with Crippen LogP contribution in [0.4, 0.5) is 0 Å². The van der Waals surface area contributed by atoms with E-state index in [1.54, 1.807) is 43.7 Å². The molecule has 0 saturated heterocycles. The van der Waals surface area contributed by atoms with E-state index in [9.17, 15) is 14.4 Å². The molecule has 4 aromatic rings. The SMILES string of the molecule is CCOC(=O)c1sc2nc(SCc3cc(C(C)=O)ccc3OC)n(Cc3ccc4c(c3)OCO4)c(=O)c2c1C. The number of aryl methyl sites for hydroxylation is 1. The van der Waals surface area contributed by atoms with Crippen LogP contribution in [0.3, 0.4) is 0 Å². The van der Waals surface area contributed by atoms with Crippen molar-refractivity contribution in [3.05, 3.63) is 73.9 Å². The summed E-state index contributed by atoms with van der Waals surface area (Å²) in [6, 6.07) is 10.8. The van der Waals surface area contributed by atoms with Gasteiger partial charge in [-0.2, -0.15) is 0 Å². The molecule has 1 aliphatic heterocycles. The summed E-state index contributed by atoms with van der Waals surface area (Å²) in [5.41, 5.74) is 2.50. The minimum atomic E-state index is -0.472. The third kappa shape index (κ3) is 5.24. The van der Waals surface area contributed by atoms with E-state index in [0.717, 1.165) is 22.5 Å². The Balaban J connectivity index is 1.59. The lowest BCUT2D eigenvalue weighted by molar-refractivity contribution is 0.0531. The highest BCUT2D eigenvalue weighted by Crippen LogP contribution is 2.35. The Hall–Kier alpha value is -3.83. The average molecular weight is 567 g/mol. The molecule has 0 N–H and O–H groups in total. The van der Waals surface area contributed by atoms with E-state index in [0.29, 0.717) is 54.4 Å². The summed E-state index contributed by atoms with van der Waals surface area (Å²) in [5, 5.41) is 0.862.